The molecule has 0 atom stereocenters. The Morgan fingerprint density at radius 2 is 1.89 bits per heavy atom. The molecule has 0 radical (unpaired) electrons. The third kappa shape index (κ3) is 2.88. The van der Waals surface area contributed by atoms with E-state index >= 15 is 0 Å². The van der Waals surface area contributed by atoms with Gasteiger partial charge in [0.1, 0.15) is 5.75 Å². The normalized spacial score (nSPS) is 16.3. The number of Topliss-reactive ketones (excluding diaryl/α,β-unsaturated/α-hetero) is 1. The number of ether oxygens (including phenoxy) is 1. The predicted octanol–water partition coefficient (Wildman–Crippen LogP) is 3.91. The molecule has 1 saturated carbocycles. The molecule has 0 aliphatic heterocycles. The van der Waals surface area contributed by atoms with Crippen molar-refractivity contribution < 1.29 is 27.1 Å². The topological polar surface area (TPSA) is 26.3 Å². The molecule has 1 aromatic carbocycles. The SMILES string of the molecule is O=C(c1ccccc1OC(F)(F)C(F)F)C1CCC1. The van der Waals surface area contributed by atoms with Gasteiger partial charge in [0.2, 0.25) is 0 Å². The number of hydrogen-bond acceptors (Lipinski definition) is 2. The van der Waals surface area contributed by atoms with Gasteiger partial charge in [0.25, 0.3) is 0 Å². The lowest BCUT2D eigenvalue weighted by Gasteiger charge is -2.25. The fourth-order valence-corrected chi connectivity index (χ4v) is 1.84. The molecule has 2 nitrogen and oxygen atoms in total. The van der Waals surface area contributed by atoms with Gasteiger partial charge in [-0.05, 0) is 25.0 Å². The van der Waals surface area contributed by atoms with Crippen molar-refractivity contribution in [2.45, 2.75) is 31.8 Å². The largest absolute Gasteiger partial charge is 0.461 e. The summed E-state index contributed by atoms with van der Waals surface area (Å²) in [6, 6.07) is 5.26. The first kappa shape index (κ1) is 13.8. The van der Waals surface area contributed by atoms with Gasteiger partial charge in [0, 0.05) is 5.92 Å². The lowest BCUT2D eigenvalue weighted by molar-refractivity contribution is -0.253. The molecular weight excluding hydrogens is 264 g/mol. The molecule has 19 heavy (non-hydrogen) atoms. The maximum atomic E-state index is 12.9. The number of halogens is 4. The Hall–Kier alpha value is -1.59. The minimum Gasteiger partial charge on any atom is -0.428 e. The second-order valence-electron chi connectivity index (χ2n) is 4.45. The zero-order valence-electron chi connectivity index (χ0n) is 9.91. The Kier molecular flexibility index (Phi) is 3.78. The molecule has 104 valence electrons. The van der Waals surface area contributed by atoms with Gasteiger partial charge < -0.3 is 4.74 Å². The van der Waals surface area contributed by atoms with Gasteiger partial charge in [-0.2, -0.15) is 17.6 Å². The standard InChI is InChI=1S/C13H12F4O2/c14-12(15)13(16,17)19-10-7-2-1-6-9(10)11(18)8-4-3-5-8/h1-2,6-8,12H,3-5H2. The first-order chi connectivity index (χ1) is 8.92. The van der Waals surface area contributed by atoms with Crippen LogP contribution in [-0.2, 0) is 0 Å². The van der Waals surface area contributed by atoms with Crippen LogP contribution in [-0.4, -0.2) is 18.3 Å². The number of rotatable bonds is 5. The molecule has 0 saturated heterocycles. The zero-order valence-corrected chi connectivity index (χ0v) is 9.91. The van der Waals surface area contributed by atoms with Gasteiger partial charge in [-0.3, -0.25) is 4.79 Å². The number of benzene rings is 1. The summed E-state index contributed by atoms with van der Waals surface area (Å²) >= 11 is 0. The number of hydrogen-bond donors (Lipinski definition) is 0. The first-order valence-electron chi connectivity index (χ1n) is 5.90. The molecule has 0 unspecified atom stereocenters. The van der Waals surface area contributed by atoms with Crippen LogP contribution in [0.5, 0.6) is 5.75 Å². The Bertz CT molecular complexity index is 469. The van der Waals surface area contributed by atoms with Crippen molar-refractivity contribution >= 4 is 5.78 Å². The van der Waals surface area contributed by atoms with Gasteiger partial charge in [0.05, 0.1) is 5.56 Å². The highest BCUT2D eigenvalue weighted by atomic mass is 19.3. The Balaban J connectivity index is 2.23. The van der Waals surface area contributed by atoms with Crippen molar-refractivity contribution in [2.75, 3.05) is 0 Å². The van der Waals surface area contributed by atoms with Crippen molar-refractivity contribution in [1.29, 1.82) is 0 Å². The van der Waals surface area contributed by atoms with E-state index in [1.54, 1.807) is 0 Å². The summed E-state index contributed by atoms with van der Waals surface area (Å²) in [6.07, 6.45) is -6.25. The van der Waals surface area contributed by atoms with Gasteiger partial charge in [0.15, 0.2) is 5.78 Å². The summed E-state index contributed by atoms with van der Waals surface area (Å²) in [5.74, 6) is -1.04. The fourth-order valence-electron chi connectivity index (χ4n) is 1.84. The second kappa shape index (κ2) is 5.19. The molecule has 0 N–H and O–H groups in total. The van der Waals surface area contributed by atoms with Gasteiger partial charge in [-0.1, -0.05) is 18.6 Å². The number of carbonyl (C=O) groups excluding carboxylic acids is 1. The molecule has 0 heterocycles. The number of ketones is 1. The monoisotopic (exact) mass is 276 g/mol. The van der Waals surface area contributed by atoms with Crippen LogP contribution in [0.2, 0.25) is 0 Å². The Labute approximate surface area is 107 Å². The van der Waals surface area contributed by atoms with Gasteiger partial charge >= 0.3 is 12.5 Å². The Morgan fingerprint density at radius 1 is 1.26 bits per heavy atom. The van der Waals surface area contributed by atoms with E-state index in [4.69, 9.17) is 0 Å². The van der Waals surface area contributed by atoms with E-state index < -0.39 is 18.3 Å². The highest BCUT2D eigenvalue weighted by Gasteiger charge is 2.44. The molecule has 1 aromatic rings. The molecule has 1 aliphatic carbocycles. The smallest absolute Gasteiger partial charge is 0.428 e. The van der Waals surface area contributed by atoms with Gasteiger partial charge in [-0.25, -0.2) is 0 Å². The van der Waals surface area contributed by atoms with Crippen molar-refractivity contribution in [3.8, 4) is 5.75 Å². The highest BCUT2D eigenvalue weighted by molar-refractivity contribution is 6.00. The fraction of sp³-hybridized carbons (Fsp3) is 0.462. The van der Waals surface area contributed by atoms with E-state index in [1.807, 2.05) is 0 Å². The summed E-state index contributed by atoms with van der Waals surface area (Å²) in [4.78, 5) is 12.0. The summed E-state index contributed by atoms with van der Waals surface area (Å²) in [7, 11) is 0. The van der Waals surface area contributed by atoms with E-state index in [0.717, 1.165) is 12.5 Å². The second-order valence-corrected chi connectivity index (χ2v) is 4.45. The summed E-state index contributed by atoms with van der Waals surface area (Å²) in [6.45, 7) is 0. The van der Waals surface area contributed by atoms with Crippen LogP contribution in [0.3, 0.4) is 0 Å². The van der Waals surface area contributed by atoms with Crippen molar-refractivity contribution in [3.05, 3.63) is 29.8 Å². The number of carbonyl (C=O) groups is 1. The molecule has 6 heteroatoms. The van der Waals surface area contributed by atoms with E-state index in [0.29, 0.717) is 12.8 Å². The van der Waals surface area contributed by atoms with Crippen LogP contribution in [0.1, 0.15) is 29.6 Å². The average Bonchev–Trinajstić information content (AvgIpc) is 2.26. The third-order valence-electron chi connectivity index (χ3n) is 3.13. The van der Waals surface area contributed by atoms with Crippen molar-refractivity contribution in [2.24, 2.45) is 5.92 Å². The molecular formula is C13H12F4O2. The van der Waals surface area contributed by atoms with Crippen LogP contribution >= 0.6 is 0 Å². The molecule has 0 aromatic heterocycles. The van der Waals surface area contributed by atoms with E-state index in [1.165, 1.54) is 18.2 Å². The molecule has 2 rings (SSSR count). The van der Waals surface area contributed by atoms with E-state index in [2.05, 4.69) is 4.74 Å². The van der Waals surface area contributed by atoms with Crippen LogP contribution in [0.15, 0.2) is 24.3 Å². The highest BCUT2D eigenvalue weighted by Crippen LogP contribution is 2.35. The summed E-state index contributed by atoms with van der Waals surface area (Å²) < 4.78 is 54.0. The number of para-hydroxylation sites is 1. The van der Waals surface area contributed by atoms with E-state index in [-0.39, 0.29) is 17.3 Å². The average molecular weight is 276 g/mol. The van der Waals surface area contributed by atoms with E-state index in [9.17, 15) is 22.4 Å². The first-order valence-corrected chi connectivity index (χ1v) is 5.90. The lowest BCUT2D eigenvalue weighted by atomic mass is 9.80. The quantitative estimate of drug-likeness (QED) is 0.602. The number of alkyl halides is 4. The minimum absolute atomic E-state index is 0.0625. The zero-order chi connectivity index (χ0) is 14.0. The molecule has 1 aliphatic rings. The van der Waals surface area contributed by atoms with Gasteiger partial charge in [-0.15, -0.1) is 0 Å². The maximum absolute atomic E-state index is 12.9. The maximum Gasteiger partial charge on any atom is 0.461 e. The van der Waals surface area contributed by atoms with Crippen LogP contribution in [0.25, 0.3) is 0 Å². The van der Waals surface area contributed by atoms with Crippen LogP contribution in [0, 0.1) is 5.92 Å². The van der Waals surface area contributed by atoms with Crippen LogP contribution < -0.4 is 4.74 Å². The van der Waals surface area contributed by atoms with Crippen molar-refractivity contribution in [1.82, 2.24) is 0 Å². The van der Waals surface area contributed by atoms with Crippen LogP contribution in [0.4, 0.5) is 17.6 Å². The molecule has 0 spiro atoms. The van der Waals surface area contributed by atoms with Crippen molar-refractivity contribution in [3.63, 3.8) is 0 Å². The lowest BCUT2D eigenvalue weighted by Crippen LogP contribution is -2.34. The predicted molar refractivity (Wildman–Crippen MR) is 59.7 cm³/mol. The molecule has 0 amide bonds. The molecule has 1 fully saturated rings. The Morgan fingerprint density at radius 3 is 2.42 bits per heavy atom. The molecule has 0 bridgehead atoms. The third-order valence-corrected chi connectivity index (χ3v) is 3.13. The summed E-state index contributed by atoms with van der Waals surface area (Å²) in [5.41, 5.74) is -0.0625. The minimum atomic E-state index is -4.60. The summed E-state index contributed by atoms with van der Waals surface area (Å²) in [5, 5.41) is 0.